The van der Waals surface area contributed by atoms with Crippen LogP contribution in [0.2, 0.25) is 0 Å². The summed E-state index contributed by atoms with van der Waals surface area (Å²) in [5.41, 5.74) is 0. The third kappa shape index (κ3) is 57.0. The summed E-state index contributed by atoms with van der Waals surface area (Å²) < 4.78 is 5.48. The van der Waals surface area contributed by atoms with Crippen LogP contribution in [-0.4, -0.2) is 47.4 Å². The number of rotatable bonds is 58. The molecule has 0 aromatic heterocycles. The van der Waals surface area contributed by atoms with Crippen LogP contribution < -0.4 is 5.32 Å². The van der Waals surface area contributed by atoms with Gasteiger partial charge in [-0.15, -0.1) is 0 Å². The Labute approximate surface area is 442 Å². The van der Waals surface area contributed by atoms with E-state index in [1.165, 1.54) is 231 Å². The van der Waals surface area contributed by atoms with Gasteiger partial charge in [-0.1, -0.05) is 274 Å². The van der Waals surface area contributed by atoms with Crippen LogP contribution in [0.3, 0.4) is 0 Å². The molecule has 0 heterocycles. The number of ether oxygens (including phenoxy) is 1. The molecule has 0 aliphatic rings. The van der Waals surface area contributed by atoms with Gasteiger partial charge < -0.3 is 20.3 Å². The van der Waals surface area contributed by atoms with Gasteiger partial charge in [0.2, 0.25) is 5.91 Å². The molecule has 0 rings (SSSR count). The second-order valence-corrected chi connectivity index (χ2v) is 21.4. The first-order valence-corrected chi connectivity index (χ1v) is 31.4. The molecule has 0 spiro atoms. The van der Waals surface area contributed by atoms with Gasteiger partial charge in [0, 0.05) is 12.8 Å². The van der Waals surface area contributed by atoms with E-state index in [0.29, 0.717) is 19.4 Å². The Morgan fingerprint density at radius 1 is 0.394 bits per heavy atom. The second kappa shape index (κ2) is 60.4. The molecule has 6 nitrogen and oxygen atoms in total. The van der Waals surface area contributed by atoms with Crippen molar-refractivity contribution in [1.82, 2.24) is 5.32 Å². The molecule has 0 aromatic carbocycles. The normalized spacial score (nSPS) is 12.9. The van der Waals surface area contributed by atoms with E-state index in [1.807, 2.05) is 6.08 Å². The number of esters is 1. The Balaban J connectivity index is 3.48. The van der Waals surface area contributed by atoms with Crippen LogP contribution in [0.5, 0.6) is 0 Å². The lowest BCUT2D eigenvalue weighted by Crippen LogP contribution is -2.45. The molecule has 71 heavy (non-hydrogen) atoms. The third-order valence-electron chi connectivity index (χ3n) is 14.3. The Kier molecular flexibility index (Phi) is 58.5. The van der Waals surface area contributed by atoms with Crippen LogP contribution in [0.4, 0.5) is 0 Å². The van der Waals surface area contributed by atoms with E-state index < -0.39 is 12.1 Å². The number of allylic oxidation sites excluding steroid dienone is 7. The van der Waals surface area contributed by atoms with Crippen LogP contribution in [-0.2, 0) is 14.3 Å². The van der Waals surface area contributed by atoms with Gasteiger partial charge in [-0.2, -0.15) is 0 Å². The summed E-state index contributed by atoms with van der Waals surface area (Å²) in [5, 5.41) is 23.2. The van der Waals surface area contributed by atoms with E-state index in [0.717, 1.165) is 70.6 Å². The Morgan fingerprint density at radius 3 is 1.11 bits per heavy atom. The van der Waals surface area contributed by atoms with Crippen molar-refractivity contribution < 1.29 is 24.5 Å². The first kappa shape index (κ1) is 68.8. The summed E-state index contributed by atoms with van der Waals surface area (Å²) in [7, 11) is 0. The predicted molar refractivity (Wildman–Crippen MR) is 310 cm³/mol. The summed E-state index contributed by atoms with van der Waals surface area (Å²) >= 11 is 0. The highest BCUT2D eigenvalue weighted by atomic mass is 16.5. The van der Waals surface area contributed by atoms with Crippen molar-refractivity contribution in [3.8, 4) is 0 Å². The zero-order valence-electron chi connectivity index (χ0n) is 47.5. The van der Waals surface area contributed by atoms with Crippen molar-refractivity contribution in [3.63, 3.8) is 0 Å². The first-order chi connectivity index (χ1) is 35.0. The highest BCUT2D eigenvalue weighted by Crippen LogP contribution is 2.17. The van der Waals surface area contributed by atoms with Crippen molar-refractivity contribution >= 4 is 11.9 Å². The molecule has 0 saturated heterocycles. The SMILES string of the molecule is CCCCC/C=C\C/C=C\CCCCCCCCCC(=O)OCCCCCCCCCCC/C=C\CCCCCCCC(=O)NC(CO)C(O)/C=C/CCCCCCCCCCCCCCCCCCC. The molecule has 3 N–H and O–H groups in total. The molecule has 416 valence electrons. The fourth-order valence-electron chi connectivity index (χ4n) is 9.48. The number of hydrogen-bond donors (Lipinski definition) is 3. The standard InChI is InChI=1S/C65H121NO5/c1-3-5-7-9-11-13-15-17-19-21-22-26-29-33-37-41-45-49-53-57-63(68)62(61-67)66-64(69)58-54-50-46-42-38-34-30-27-23-24-28-32-36-40-44-48-52-56-60-71-65(70)59-55-51-47-43-39-35-31-25-20-18-16-14-12-10-8-6-4-2/h12,14,18,20,27,30,53,57,62-63,67-68H,3-11,13,15-17,19,21-26,28-29,31-52,54-56,58-61H2,1-2H3,(H,66,69)/b14-12-,20-18-,30-27-,57-53+. The van der Waals surface area contributed by atoms with Crippen LogP contribution in [0.25, 0.3) is 0 Å². The highest BCUT2D eigenvalue weighted by molar-refractivity contribution is 5.76. The highest BCUT2D eigenvalue weighted by Gasteiger charge is 2.18. The molecule has 1 amide bonds. The lowest BCUT2D eigenvalue weighted by Gasteiger charge is -2.20. The van der Waals surface area contributed by atoms with Crippen molar-refractivity contribution in [1.29, 1.82) is 0 Å². The van der Waals surface area contributed by atoms with Gasteiger partial charge in [0.05, 0.1) is 25.4 Å². The van der Waals surface area contributed by atoms with E-state index >= 15 is 0 Å². The van der Waals surface area contributed by atoms with Gasteiger partial charge >= 0.3 is 5.97 Å². The van der Waals surface area contributed by atoms with Crippen molar-refractivity contribution in [2.45, 2.75) is 341 Å². The number of aliphatic hydroxyl groups is 2. The second-order valence-electron chi connectivity index (χ2n) is 21.4. The first-order valence-electron chi connectivity index (χ1n) is 31.4. The minimum atomic E-state index is -0.855. The molecular weight excluding hydrogens is 875 g/mol. The van der Waals surface area contributed by atoms with Crippen molar-refractivity contribution in [2.24, 2.45) is 0 Å². The topological polar surface area (TPSA) is 95.9 Å². The average molecular weight is 997 g/mol. The smallest absolute Gasteiger partial charge is 0.305 e. The molecule has 6 heteroatoms. The number of hydrogen-bond acceptors (Lipinski definition) is 5. The maximum Gasteiger partial charge on any atom is 0.305 e. The van der Waals surface area contributed by atoms with Gasteiger partial charge in [-0.3, -0.25) is 9.59 Å². The predicted octanol–water partition coefficient (Wildman–Crippen LogP) is 19.7. The van der Waals surface area contributed by atoms with Crippen LogP contribution in [0, 0.1) is 0 Å². The number of carbonyl (C=O) groups excluding carboxylic acids is 2. The molecule has 0 radical (unpaired) electrons. The number of unbranched alkanes of at least 4 members (excludes halogenated alkanes) is 41. The Bertz CT molecular complexity index is 1190. The summed E-state index contributed by atoms with van der Waals surface area (Å²) in [5.74, 6) is -0.0867. The summed E-state index contributed by atoms with van der Waals surface area (Å²) in [4.78, 5) is 24.6. The number of amides is 1. The summed E-state index contributed by atoms with van der Waals surface area (Å²) in [6.07, 6.45) is 77.1. The van der Waals surface area contributed by atoms with E-state index in [4.69, 9.17) is 4.74 Å². The summed E-state index contributed by atoms with van der Waals surface area (Å²) in [6, 6.07) is -0.640. The van der Waals surface area contributed by atoms with E-state index in [-0.39, 0.29) is 18.5 Å². The molecule has 0 aliphatic carbocycles. The monoisotopic (exact) mass is 996 g/mol. The average Bonchev–Trinajstić information content (AvgIpc) is 3.37. The molecule has 2 unspecified atom stereocenters. The van der Waals surface area contributed by atoms with Crippen LogP contribution >= 0.6 is 0 Å². The van der Waals surface area contributed by atoms with Crippen LogP contribution in [0.15, 0.2) is 48.6 Å². The molecule has 0 saturated carbocycles. The van der Waals surface area contributed by atoms with Crippen LogP contribution in [0.1, 0.15) is 328 Å². The van der Waals surface area contributed by atoms with E-state index in [1.54, 1.807) is 6.08 Å². The third-order valence-corrected chi connectivity index (χ3v) is 14.3. The van der Waals surface area contributed by atoms with Crippen molar-refractivity contribution in [2.75, 3.05) is 13.2 Å². The molecule has 0 bridgehead atoms. The lowest BCUT2D eigenvalue weighted by molar-refractivity contribution is -0.143. The largest absolute Gasteiger partial charge is 0.466 e. The van der Waals surface area contributed by atoms with Gasteiger partial charge in [0.15, 0.2) is 0 Å². The molecule has 2 atom stereocenters. The molecule has 0 aliphatic heterocycles. The minimum absolute atomic E-state index is 0.00572. The van der Waals surface area contributed by atoms with Gasteiger partial charge in [0.25, 0.3) is 0 Å². The van der Waals surface area contributed by atoms with Gasteiger partial charge in [-0.05, 0) is 89.9 Å². The van der Waals surface area contributed by atoms with E-state index in [9.17, 15) is 19.8 Å². The van der Waals surface area contributed by atoms with Gasteiger partial charge in [-0.25, -0.2) is 0 Å². The fraction of sp³-hybridized carbons (Fsp3) is 0.846. The zero-order chi connectivity index (χ0) is 51.4. The summed E-state index contributed by atoms with van der Waals surface area (Å²) in [6.45, 7) is 4.87. The Hall–Kier alpha value is -2.18. The maximum absolute atomic E-state index is 12.5. The number of carbonyl (C=O) groups is 2. The molecule has 0 aromatic rings. The molecular formula is C65H121NO5. The maximum atomic E-state index is 12.5. The van der Waals surface area contributed by atoms with Crippen molar-refractivity contribution in [3.05, 3.63) is 48.6 Å². The fourth-order valence-corrected chi connectivity index (χ4v) is 9.48. The Morgan fingerprint density at radius 2 is 0.704 bits per heavy atom. The number of nitrogens with one attached hydrogen (secondary N) is 1. The minimum Gasteiger partial charge on any atom is -0.466 e. The quantitative estimate of drug-likeness (QED) is 0.0321. The van der Waals surface area contributed by atoms with Gasteiger partial charge in [0.1, 0.15) is 0 Å². The molecule has 0 fully saturated rings. The van der Waals surface area contributed by atoms with E-state index in [2.05, 4.69) is 55.6 Å². The lowest BCUT2D eigenvalue weighted by atomic mass is 10.0. The number of aliphatic hydroxyl groups excluding tert-OH is 2. The zero-order valence-corrected chi connectivity index (χ0v) is 47.5.